The van der Waals surface area contributed by atoms with E-state index in [9.17, 15) is 0 Å². The van der Waals surface area contributed by atoms with Crippen LogP contribution in [0.2, 0.25) is 0 Å². The van der Waals surface area contributed by atoms with Gasteiger partial charge >= 0.3 is 0 Å². The molecule has 0 fully saturated rings. The lowest BCUT2D eigenvalue weighted by atomic mass is 9.98. The van der Waals surface area contributed by atoms with Crippen molar-refractivity contribution in [3.63, 3.8) is 0 Å². The summed E-state index contributed by atoms with van der Waals surface area (Å²) in [6.45, 7) is 8.25. The van der Waals surface area contributed by atoms with Crippen LogP contribution in [0.15, 0.2) is 30.5 Å². The van der Waals surface area contributed by atoms with E-state index in [0.29, 0.717) is 6.04 Å². The highest BCUT2D eigenvalue weighted by Crippen LogP contribution is 2.22. The molecular weight excluding hydrogens is 184 g/mol. The Hall–Kier alpha value is -1.15. The summed E-state index contributed by atoms with van der Waals surface area (Å²) in [6, 6.07) is 4.46. The monoisotopic (exact) mass is 204 g/mol. The predicted octanol–water partition coefficient (Wildman–Crippen LogP) is 3.01. The molecule has 2 heteroatoms. The van der Waals surface area contributed by atoms with Gasteiger partial charge in [-0.25, -0.2) is 0 Å². The lowest BCUT2D eigenvalue weighted by Crippen LogP contribution is -2.18. The third-order valence-corrected chi connectivity index (χ3v) is 2.76. The first-order chi connectivity index (χ1) is 7.19. The fourth-order valence-corrected chi connectivity index (χ4v) is 1.67. The van der Waals surface area contributed by atoms with Crippen LogP contribution in [0.4, 0.5) is 0 Å². The molecule has 0 radical (unpaired) electrons. The van der Waals surface area contributed by atoms with Crippen molar-refractivity contribution in [3.05, 3.63) is 41.7 Å². The van der Waals surface area contributed by atoms with Crippen molar-refractivity contribution in [1.82, 2.24) is 10.3 Å². The Kier molecular flexibility index (Phi) is 4.50. The lowest BCUT2D eigenvalue weighted by molar-refractivity contribution is 0.577. The molecule has 1 atom stereocenters. The second kappa shape index (κ2) is 5.66. The average molecular weight is 204 g/mol. The molecule has 0 aliphatic heterocycles. The molecule has 1 rings (SSSR count). The maximum atomic E-state index is 4.31. The van der Waals surface area contributed by atoms with Gasteiger partial charge in [-0.2, -0.15) is 0 Å². The van der Waals surface area contributed by atoms with E-state index in [4.69, 9.17) is 0 Å². The molecule has 0 spiro atoms. The molecule has 1 N–H and O–H groups in total. The predicted molar refractivity (Wildman–Crippen MR) is 64.8 cm³/mol. The highest BCUT2D eigenvalue weighted by molar-refractivity contribution is 5.24. The molecular formula is C13H20N2. The molecule has 1 heterocycles. The number of rotatable bonds is 5. The zero-order valence-electron chi connectivity index (χ0n) is 9.88. The Bertz CT molecular complexity index is 331. The Balaban J connectivity index is 2.83. The van der Waals surface area contributed by atoms with Crippen LogP contribution in [0, 0.1) is 6.92 Å². The number of pyridine rings is 1. The number of nitrogens with one attached hydrogen (secondary N) is 1. The standard InChI is InChI=1S/C13H20N2/c1-5-10(2)9-13(14-4)12-7-6-8-15-11(12)3/h6-8,13-14H,2,5,9H2,1,3-4H3. The molecule has 0 aromatic carbocycles. The summed E-state index contributed by atoms with van der Waals surface area (Å²) < 4.78 is 0. The summed E-state index contributed by atoms with van der Waals surface area (Å²) in [7, 11) is 1.99. The van der Waals surface area contributed by atoms with Crippen LogP contribution in [-0.4, -0.2) is 12.0 Å². The fraction of sp³-hybridized carbons (Fsp3) is 0.462. The van der Waals surface area contributed by atoms with Crippen LogP contribution in [0.3, 0.4) is 0 Å². The molecule has 0 saturated heterocycles. The van der Waals surface area contributed by atoms with E-state index in [1.807, 2.05) is 26.2 Å². The highest BCUT2D eigenvalue weighted by atomic mass is 14.9. The third-order valence-electron chi connectivity index (χ3n) is 2.76. The minimum atomic E-state index is 0.339. The topological polar surface area (TPSA) is 24.9 Å². The Labute approximate surface area is 92.4 Å². The summed E-state index contributed by atoms with van der Waals surface area (Å²) in [4.78, 5) is 4.31. The number of nitrogens with zero attached hydrogens (tertiary/aromatic N) is 1. The number of aromatic nitrogens is 1. The van der Waals surface area contributed by atoms with E-state index in [1.165, 1.54) is 11.1 Å². The Morgan fingerprint density at radius 3 is 2.87 bits per heavy atom. The van der Waals surface area contributed by atoms with Gasteiger partial charge in [0.15, 0.2) is 0 Å². The molecule has 0 aliphatic carbocycles. The second-order valence-electron chi connectivity index (χ2n) is 3.83. The molecule has 0 amide bonds. The molecule has 1 aromatic heterocycles. The normalized spacial score (nSPS) is 12.5. The van der Waals surface area contributed by atoms with Crippen LogP contribution >= 0.6 is 0 Å². The number of aryl methyl sites for hydroxylation is 1. The van der Waals surface area contributed by atoms with Gasteiger partial charge in [-0.15, -0.1) is 0 Å². The molecule has 15 heavy (non-hydrogen) atoms. The first kappa shape index (κ1) is 11.9. The summed E-state index contributed by atoms with van der Waals surface area (Å²) in [5.74, 6) is 0. The molecule has 0 aliphatic rings. The van der Waals surface area contributed by atoms with Crippen LogP contribution in [0.1, 0.15) is 37.1 Å². The van der Waals surface area contributed by atoms with Gasteiger partial charge < -0.3 is 5.32 Å². The Morgan fingerprint density at radius 2 is 2.33 bits per heavy atom. The zero-order valence-corrected chi connectivity index (χ0v) is 9.88. The van der Waals surface area contributed by atoms with Gasteiger partial charge in [0.25, 0.3) is 0 Å². The largest absolute Gasteiger partial charge is 0.313 e. The van der Waals surface area contributed by atoms with Crippen molar-refractivity contribution in [2.24, 2.45) is 0 Å². The molecule has 0 bridgehead atoms. The fourth-order valence-electron chi connectivity index (χ4n) is 1.67. The first-order valence-electron chi connectivity index (χ1n) is 5.44. The molecule has 0 saturated carbocycles. The van der Waals surface area contributed by atoms with E-state index >= 15 is 0 Å². The smallest absolute Gasteiger partial charge is 0.0420 e. The molecule has 1 unspecified atom stereocenters. The Morgan fingerprint density at radius 1 is 1.60 bits per heavy atom. The first-order valence-corrected chi connectivity index (χ1v) is 5.44. The van der Waals surface area contributed by atoms with Gasteiger partial charge in [-0.3, -0.25) is 4.98 Å². The van der Waals surface area contributed by atoms with Gasteiger partial charge in [-0.1, -0.05) is 25.1 Å². The van der Waals surface area contributed by atoms with Gasteiger partial charge in [-0.05, 0) is 38.4 Å². The van der Waals surface area contributed by atoms with Crippen molar-refractivity contribution in [3.8, 4) is 0 Å². The molecule has 2 nitrogen and oxygen atoms in total. The van der Waals surface area contributed by atoms with Crippen LogP contribution in [0.25, 0.3) is 0 Å². The van der Waals surface area contributed by atoms with E-state index in [1.54, 1.807) is 0 Å². The minimum absolute atomic E-state index is 0.339. The van der Waals surface area contributed by atoms with Crippen molar-refractivity contribution in [1.29, 1.82) is 0 Å². The van der Waals surface area contributed by atoms with Crippen molar-refractivity contribution in [2.45, 2.75) is 32.7 Å². The summed E-state index contributed by atoms with van der Waals surface area (Å²) in [5.41, 5.74) is 3.65. The summed E-state index contributed by atoms with van der Waals surface area (Å²) >= 11 is 0. The van der Waals surface area contributed by atoms with Gasteiger partial charge in [0, 0.05) is 17.9 Å². The number of hydrogen-bond acceptors (Lipinski definition) is 2. The van der Waals surface area contributed by atoms with E-state index < -0.39 is 0 Å². The van der Waals surface area contributed by atoms with Crippen LogP contribution in [-0.2, 0) is 0 Å². The maximum Gasteiger partial charge on any atom is 0.0420 e. The third kappa shape index (κ3) is 3.17. The summed E-state index contributed by atoms with van der Waals surface area (Å²) in [5, 5.41) is 3.32. The van der Waals surface area contributed by atoms with E-state index in [2.05, 4.69) is 29.9 Å². The van der Waals surface area contributed by atoms with Gasteiger partial charge in [0.2, 0.25) is 0 Å². The highest BCUT2D eigenvalue weighted by Gasteiger charge is 2.12. The van der Waals surface area contributed by atoms with Crippen molar-refractivity contribution in [2.75, 3.05) is 7.05 Å². The zero-order chi connectivity index (χ0) is 11.3. The maximum absolute atomic E-state index is 4.31. The van der Waals surface area contributed by atoms with Gasteiger partial charge in [0.05, 0.1) is 0 Å². The van der Waals surface area contributed by atoms with Crippen LogP contribution < -0.4 is 5.32 Å². The summed E-state index contributed by atoms with van der Waals surface area (Å²) in [6.07, 6.45) is 3.86. The average Bonchev–Trinajstić information content (AvgIpc) is 2.26. The van der Waals surface area contributed by atoms with E-state index in [-0.39, 0.29) is 0 Å². The molecule has 82 valence electrons. The second-order valence-corrected chi connectivity index (χ2v) is 3.83. The number of hydrogen-bond donors (Lipinski definition) is 1. The molecule has 1 aromatic rings. The SMILES string of the molecule is C=C(CC)CC(NC)c1cccnc1C. The lowest BCUT2D eigenvalue weighted by Gasteiger charge is -2.18. The van der Waals surface area contributed by atoms with Crippen molar-refractivity contribution >= 4 is 0 Å². The van der Waals surface area contributed by atoms with Crippen LogP contribution in [0.5, 0.6) is 0 Å². The van der Waals surface area contributed by atoms with E-state index in [0.717, 1.165) is 18.5 Å². The van der Waals surface area contributed by atoms with Crippen molar-refractivity contribution < 1.29 is 0 Å². The minimum Gasteiger partial charge on any atom is -0.313 e. The quantitative estimate of drug-likeness (QED) is 0.746. The van der Waals surface area contributed by atoms with Gasteiger partial charge in [0.1, 0.15) is 0 Å².